The van der Waals surface area contributed by atoms with E-state index in [0.717, 1.165) is 38.2 Å². The number of hydrogen-bond donors (Lipinski definition) is 3. The molecule has 0 spiro atoms. The number of phenols is 1. The molecule has 0 fully saturated rings. The molecule has 0 saturated carbocycles. The van der Waals surface area contributed by atoms with Crippen LogP contribution in [0.15, 0.2) is 18.2 Å². The summed E-state index contributed by atoms with van der Waals surface area (Å²) in [6.45, 7) is 6.14. The number of hydrogen-bond acceptors (Lipinski definition) is 4. The molecular weight excluding hydrogens is 338 g/mol. The average molecular weight is 380 g/mol. The summed E-state index contributed by atoms with van der Waals surface area (Å²) in [6, 6.07) is 5.85. The number of unbranched alkanes of at least 4 members (excludes halogenated alkanes) is 8. The Morgan fingerprint density at radius 3 is 2.33 bits per heavy atom. The maximum absolute atomic E-state index is 9.86. The normalized spacial score (nSPS) is 12.3. The molecular formula is C23H41NO3. The number of aromatic hydroxyl groups is 1. The predicted molar refractivity (Wildman–Crippen MR) is 114 cm³/mol. The fourth-order valence-corrected chi connectivity index (χ4v) is 3.16. The standard InChI is InChI=1S/C23H41NO3/c1-3-4-10-13-21-16-22(26)18-23(17-21)27-15-12-9-7-5-6-8-11-14-24-20(2)19-25/h16-18,20,24-26H,3-15,19H2,1-2H3/t20-/m1/s1. The number of aliphatic hydroxyl groups excluding tert-OH is 1. The van der Waals surface area contributed by atoms with Crippen LogP contribution in [0.1, 0.15) is 83.6 Å². The van der Waals surface area contributed by atoms with E-state index in [1.54, 1.807) is 6.07 Å². The first-order chi connectivity index (χ1) is 13.2. The number of aliphatic hydroxyl groups is 1. The molecule has 3 N–H and O–H groups in total. The molecule has 0 aromatic heterocycles. The lowest BCUT2D eigenvalue weighted by Crippen LogP contribution is -2.29. The van der Waals surface area contributed by atoms with Crippen LogP contribution in [-0.2, 0) is 6.42 Å². The summed E-state index contributed by atoms with van der Waals surface area (Å²) in [5.74, 6) is 1.10. The molecule has 0 radical (unpaired) electrons. The zero-order valence-electron chi connectivity index (χ0n) is 17.5. The minimum atomic E-state index is 0.212. The predicted octanol–water partition coefficient (Wildman–Crippen LogP) is 5.20. The number of phenolic OH excluding ortho intramolecular Hbond substituents is 1. The van der Waals surface area contributed by atoms with Gasteiger partial charge in [-0.3, -0.25) is 0 Å². The molecule has 0 aliphatic rings. The first-order valence-corrected chi connectivity index (χ1v) is 11.0. The molecule has 4 nitrogen and oxygen atoms in total. The largest absolute Gasteiger partial charge is 0.508 e. The lowest BCUT2D eigenvalue weighted by atomic mass is 10.1. The topological polar surface area (TPSA) is 61.7 Å². The van der Waals surface area contributed by atoms with Gasteiger partial charge in [0.1, 0.15) is 11.5 Å². The molecule has 0 amide bonds. The van der Waals surface area contributed by atoms with Gasteiger partial charge in [-0.05, 0) is 56.8 Å². The van der Waals surface area contributed by atoms with Gasteiger partial charge in [0, 0.05) is 12.1 Å². The van der Waals surface area contributed by atoms with Crippen molar-refractivity contribution in [1.82, 2.24) is 5.32 Å². The van der Waals surface area contributed by atoms with Crippen molar-refractivity contribution in [3.05, 3.63) is 23.8 Å². The van der Waals surface area contributed by atoms with Crippen molar-refractivity contribution in [2.24, 2.45) is 0 Å². The fourth-order valence-electron chi connectivity index (χ4n) is 3.16. The van der Waals surface area contributed by atoms with Crippen LogP contribution in [0.5, 0.6) is 11.5 Å². The van der Waals surface area contributed by atoms with Crippen LogP contribution in [0.3, 0.4) is 0 Å². The van der Waals surface area contributed by atoms with Gasteiger partial charge in [-0.2, -0.15) is 0 Å². The molecule has 0 aliphatic heterocycles. The van der Waals surface area contributed by atoms with Crippen LogP contribution >= 0.6 is 0 Å². The van der Waals surface area contributed by atoms with Gasteiger partial charge in [0.25, 0.3) is 0 Å². The molecule has 0 bridgehead atoms. The van der Waals surface area contributed by atoms with E-state index in [4.69, 9.17) is 9.84 Å². The Kier molecular flexibility index (Phi) is 13.9. The van der Waals surface area contributed by atoms with Gasteiger partial charge in [-0.15, -0.1) is 0 Å². The van der Waals surface area contributed by atoms with Crippen molar-refractivity contribution in [3.8, 4) is 11.5 Å². The van der Waals surface area contributed by atoms with Gasteiger partial charge >= 0.3 is 0 Å². The smallest absolute Gasteiger partial charge is 0.123 e. The van der Waals surface area contributed by atoms with Crippen molar-refractivity contribution in [1.29, 1.82) is 0 Å². The summed E-state index contributed by atoms with van der Waals surface area (Å²) in [5.41, 5.74) is 1.17. The maximum Gasteiger partial charge on any atom is 0.123 e. The molecule has 0 aliphatic carbocycles. The highest BCUT2D eigenvalue weighted by Gasteiger charge is 2.02. The molecule has 1 aromatic rings. The fraction of sp³-hybridized carbons (Fsp3) is 0.739. The van der Waals surface area contributed by atoms with Gasteiger partial charge < -0.3 is 20.3 Å². The Hall–Kier alpha value is -1.26. The Labute approximate surface area is 166 Å². The molecule has 1 atom stereocenters. The second kappa shape index (κ2) is 15.8. The van der Waals surface area contributed by atoms with Crippen LogP contribution in [-0.4, -0.2) is 36.0 Å². The third kappa shape index (κ3) is 12.7. The molecule has 156 valence electrons. The third-order valence-electron chi connectivity index (χ3n) is 4.88. The first-order valence-electron chi connectivity index (χ1n) is 11.0. The van der Waals surface area contributed by atoms with Crippen molar-refractivity contribution in [3.63, 3.8) is 0 Å². The summed E-state index contributed by atoms with van der Waals surface area (Å²) in [7, 11) is 0. The third-order valence-corrected chi connectivity index (χ3v) is 4.88. The van der Waals surface area contributed by atoms with Crippen molar-refractivity contribution in [2.75, 3.05) is 19.8 Å². The zero-order chi connectivity index (χ0) is 19.7. The number of benzene rings is 1. The van der Waals surface area contributed by atoms with Crippen molar-refractivity contribution in [2.45, 2.75) is 90.5 Å². The quantitative estimate of drug-likeness (QED) is 0.325. The molecule has 1 aromatic carbocycles. The van der Waals surface area contributed by atoms with E-state index in [2.05, 4.69) is 18.3 Å². The summed E-state index contributed by atoms with van der Waals surface area (Å²) >= 11 is 0. The summed E-state index contributed by atoms with van der Waals surface area (Å²) < 4.78 is 5.84. The minimum absolute atomic E-state index is 0.212. The Bertz CT molecular complexity index is 479. The molecule has 0 heterocycles. The van der Waals surface area contributed by atoms with Gasteiger partial charge in [0.05, 0.1) is 13.2 Å². The Morgan fingerprint density at radius 1 is 0.926 bits per heavy atom. The summed E-state index contributed by atoms with van der Waals surface area (Å²) in [4.78, 5) is 0. The Balaban J connectivity index is 2.03. The van der Waals surface area contributed by atoms with E-state index in [0.29, 0.717) is 5.75 Å². The number of rotatable bonds is 17. The van der Waals surface area contributed by atoms with Crippen molar-refractivity contribution < 1.29 is 14.9 Å². The first kappa shape index (κ1) is 23.8. The van der Waals surface area contributed by atoms with E-state index in [1.165, 1.54) is 56.9 Å². The van der Waals surface area contributed by atoms with Gasteiger partial charge in [-0.25, -0.2) is 0 Å². The molecule has 0 saturated heterocycles. The number of aryl methyl sites for hydroxylation is 1. The van der Waals surface area contributed by atoms with Crippen LogP contribution in [0.4, 0.5) is 0 Å². The zero-order valence-corrected chi connectivity index (χ0v) is 17.5. The second-order valence-corrected chi connectivity index (χ2v) is 7.65. The van der Waals surface area contributed by atoms with Crippen LogP contribution < -0.4 is 10.1 Å². The van der Waals surface area contributed by atoms with Crippen LogP contribution in [0, 0.1) is 0 Å². The van der Waals surface area contributed by atoms with E-state index in [-0.39, 0.29) is 12.6 Å². The number of ether oxygens (including phenoxy) is 1. The highest BCUT2D eigenvalue weighted by atomic mass is 16.5. The van der Waals surface area contributed by atoms with Crippen LogP contribution in [0.25, 0.3) is 0 Å². The van der Waals surface area contributed by atoms with E-state index in [9.17, 15) is 5.11 Å². The highest BCUT2D eigenvalue weighted by molar-refractivity contribution is 5.37. The molecule has 27 heavy (non-hydrogen) atoms. The highest BCUT2D eigenvalue weighted by Crippen LogP contribution is 2.23. The van der Waals surface area contributed by atoms with Gasteiger partial charge in [0.2, 0.25) is 0 Å². The molecule has 1 rings (SSSR count). The van der Waals surface area contributed by atoms with Crippen molar-refractivity contribution >= 4 is 0 Å². The maximum atomic E-state index is 9.86. The monoisotopic (exact) mass is 379 g/mol. The van der Waals surface area contributed by atoms with E-state index in [1.807, 2.05) is 13.0 Å². The minimum Gasteiger partial charge on any atom is -0.508 e. The molecule has 4 heteroatoms. The average Bonchev–Trinajstić information content (AvgIpc) is 2.65. The SMILES string of the molecule is CCCCCc1cc(O)cc(OCCCCCCCCCN[C@H](C)CO)c1. The second-order valence-electron chi connectivity index (χ2n) is 7.65. The summed E-state index contributed by atoms with van der Waals surface area (Å²) in [5, 5.41) is 22.1. The van der Waals surface area contributed by atoms with Gasteiger partial charge in [0.15, 0.2) is 0 Å². The van der Waals surface area contributed by atoms with E-state index < -0.39 is 0 Å². The Morgan fingerprint density at radius 2 is 1.63 bits per heavy atom. The molecule has 0 unspecified atom stereocenters. The summed E-state index contributed by atoms with van der Waals surface area (Å²) in [6.07, 6.45) is 13.1. The van der Waals surface area contributed by atoms with E-state index >= 15 is 0 Å². The van der Waals surface area contributed by atoms with Crippen LogP contribution in [0.2, 0.25) is 0 Å². The lowest BCUT2D eigenvalue weighted by Gasteiger charge is -2.10. The van der Waals surface area contributed by atoms with Gasteiger partial charge in [-0.1, -0.05) is 51.9 Å². The lowest BCUT2D eigenvalue weighted by molar-refractivity contribution is 0.251. The number of nitrogens with one attached hydrogen (secondary N) is 1.